The lowest BCUT2D eigenvalue weighted by molar-refractivity contribution is -0.114. The van der Waals surface area contributed by atoms with Gasteiger partial charge in [0.05, 0.1) is 19.2 Å². The standard InChI is InChI=1S/C16H16N2O3S/c1-21-16(20)12-7-9-22-15(12)17-14(19)10-18-8-6-11-4-2-3-5-13(11)18/h2-5,7,9H,6,8,10H2,1H3,(H,17,19). The van der Waals surface area contributed by atoms with E-state index in [1.54, 1.807) is 11.4 Å². The van der Waals surface area contributed by atoms with Crippen molar-refractivity contribution < 1.29 is 14.3 Å². The molecule has 2 heterocycles. The first-order chi connectivity index (χ1) is 10.7. The number of nitrogens with zero attached hydrogens (tertiary/aromatic N) is 1. The van der Waals surface area contributed by atoms with Crippen LogP contribution in [0.3, 0.4) is 0 Å². The highest BCUT2D eigenvalue weighted by Gasteiger charge is 2.22. The minimum absolute atomic E-state index is 0.135. The van der Waals surface area contributed by atoms with Gasteiger partial charge >= 0.3 is 5.97 Å². The molecule has 0 bridgehead atoms. The first kappa shape index (κ1) is 14.6. The van der Waals surface area contributed by atoms with Crippen molar-refractivity contribution in [3.05, 3.63) is 46.8 Å². The molecule has 0 aliphatic carbocycles. The molecule has 2 aromatic rings. The van der Waals surface area contributed by atoms with Crippen LogP contribution in [-0.4, -0.2) is 32.1 Å². The second-order valence-corrected chi connectivity index (χ2v) is 5.92. The molecule has 114 valence electrons. The van der Waals surface area contributed by atoms with Gasteiger partial charge in [0.2, 0.25) is 5.91 Å². The van der Waals surface area contributed by atoms with Gasteiger partial charge in [-0.15, -0.1) is 11.3 Å². The number of methoxy groups -OCH3 is 1. The number of benzene rings is 1. The zero-order valence-corrected chi connectivity index (χ0v) is 13.0. The minimum atomic E-state index is -0.442. The molecule has 0 spiro atoms. The number of hydrogen-bond acceptors (Lipinski definition) is 5. The second-order valence-electron chi connectivity index (χ2n) is 5.00. The summed E-state index contributed by atoms with van der Waals surface area (Å²) in [6.45, 7) is 1.11. The van der Waals surface area contributed by atoms with Gasteiger partial charge in [0.25, 0.3) is 0 Å². The Labute approximate surface area is 132 Å². The van der Waals surface area contributed by atoms with Crippen molar-refractivity contribution in [1.29, 1.82) is 0 Å². The Morgan fingerprint density at radius 3 is 2.95 bits per heavy atom. The number of thiophene rings is 1. The molecule has 3 rings (SSSR count). The Hall–Kier alpha value is -2.34. The van der Waals surface area contributed by atoms with Crippen LogP contribution in [0, 0.1) is 0 Å². The van der Waals surface area contributed by atoms with E-state index in [9.17, 15) is 9.59 Å². The van der Waals surface area contributed by atoms with Gasteiger partial charge in [-0.1, -0.05) is 18.2 Å². The maximum absolute atomic E-state index is 12.2. The topological polar surface area (TPSA) is 58.6 Å². The van der Waals surface area contributed by atoms with Crippen LogP contribution >= 0.6 is 11.3 Å². The van der Waals surface area contributed by atoms with Crippen LogP contribution in [0.25, 0.3) is 0 Å². The van der Waals surface area contributed by atoms with Crippen molar-refractivity contribution in [3.8, 4) is 0 Å². The number of rotatable bonds is 4. The number of ether oxygens (including phenoxy) is 1. The Kier molecular flexibility index (Phi) is 4.11. The van der Waals surface area contributed by atoms with Crippen LogP contribution in [0.2, 0.25) is 0 Å². The minimum Gasteiger partial charge on any atom is -0.465 e. The third-order valence-electron chi connectivity index (χ3n) is 3.64. The van der Waals surface area contributed by atoms with E-state index in [0.717, 1.165) is 18.7 Å². The van der Waals surface area contributed by atoms with Gasteiger partial charge in [-0.3, -0.25) is 4.79 Å². The van der Waals surface area contributed by atoms with Crippen molar-refractivity contribution in [3.63, 3.8) is 0 Å². The number of amides is 1. The normalized spacial score (nSPS) is 12.9. The van der Waals surface area contributed by atoms with E-state index in [-0.39, 0.29) is 12.5 Å². The van der Waals surface area contributed by atoms with Crippen molar-refractivity contribution in [2.75, 3.05) is 30.4 Å². The predicted molar refractivity (Wildman–Crippen MR) is 86.6 cm³/mol. The largest absolute Gasteiger partial charge is 0.465 e. The fourth-order valence-electron chi connectivity index (χ4n) is 2.59. The van der Waals surface area contributed by atoms with Gasteiger partial charge in [-0.05, 0) is 29.5 Å². The molecule has 1 aromatic heterocycles. The molecule has 1 amide bonds. The fraction of sp³-hybridized carbons (Fsp3) is 0.250. The summed E-state index contributed by atoms with van der Waals surface area (Å²) < 4.78 is 4.70. The van der Waals surface area contributed by atoms with Crippen molar-refractivity contribution >= 4 is 33.9 Å². The van der Waals surface area contributed by atoms with Crippen molar-refractivity contribution in [1.82, 2.24) is 0 Å². The van der Waals surface area contributed by atoms with Gasteiger partial charge < -0.3 is 15.0 Å². The first-order valence-electron chi connectivity index (χ1n) is 6.97. The molecule has 6 heteroatoms. The summed E-state index contributed by atoms with van der Waals surface area (Å²) in [4.78, 5) is 25.9. The number of esters is 1. The molecule has 1 N–H and O–H groups in total. The van der Waals surface area contributed by atoms with E-state index in [1.165, 1.54) is 24.0 Å². The van der Waals surface area contributed by atoms with Crippen LogP contribution in [-0.2, 0) is 16.0 Å². The molecule has 1 aliphatic heterocycles. The van der Waals surface area contributed by atoms with Crippen LogP contribution < -0.4 is 10.2 Å². The number of hydrogen-bond donors (Lipinski definition) is 1. The predicted octanol–water partition coefficient (Wildman–Crippen LogP) is 2.54. The highest BCUT2D eigenvalue weighted by atomic mass is 32.1. The van der Waals surface area contributed by atoms with E-state index in [2.05, 4.69) is 16.3 Å². The first-order valence-corrected chi connectivity index (χ1v) is 7.85. The number of carbonyl (C=O) groups excluding carboxylic acids is 2. The summed E-state index contributed by atoms with van der Waals surface area (Å²) in [7, 11) is 1.33. The third-order valence-corrected chi connectivity index (χ3v) is 4.47. The maximum Gasteiger partial charge on any atom is 0.340 e. The number of nitrogens with one attached hydrogen (secondary N) is 1. The van der Waals surface area contributed by atoms with Gasteiger partial charge in [0, 0.05) is 12.2 Å². The third kappa shape index (κ3) is 2.82. The SMILES string of the molecule is COC(=O)c1ccsc1NC(=O)CN1CCc2ccccc21. The monoisotopic (exact) mass is 316 g/mol. The summed E-state index contributed by atoms with van der Waals surface area (Å²) in [5, 5.41) is 5.09. The van der Waals surface area contributed by atoms with Crippen molar-refractivity contribution in [2.24, 2.45) is 0 Å². The molecule has 0 saturated carbocycles. The molecule has 0 fully saturated rings. The molecule has 0 atom stereocenters. The van der Waals surface area contributed by atoms with Gasteiger partial charge in [-0.25, -0.2) is 4.79 Å². The average Bonchev–Trinajstić information content (AvgIpc) is 3.14. The second kappa shape index (κ2) is 6.19. The Morgan fingerprint density at radius 1 is 1.32 bits per heavy atom. The summed E-state index contributed by atoms with van der Waals surface area (Å²) in [5.41, 5.74) is 2.77. The summed E-state index contributed by atoms with van der Waals surface area (Å²) in [5.74, 6) is -0.577. The molecule has 0 radical (unpaired) electrons. The van der Waals surface area contributed by atoms with E-state index in [1.807, 2.05) is 18.2 Å². The summed E-state index contributed by atoms with van der Waals surface area (Å²) in [6, 6.07) is 9.75. The van der Waals surface area contributed by atoms with Gasteiger partial charge in [0.1, 0.15) is 5.00 Å². The summed E-state index contributed by atoms with van der Waals surface area (Å²) in [6.07, 6.45) is 0.954. The average molecular weight is 316 g/mol. The highest BCUT2D eigenvalue weighted by Crippen LogP contribution is 2.28. The van der Waals surface area contributed by atoms with E-state index in [0.29, 0.717) is 10.6 Å². The van der Waals surface area contributed by atoms with Crippen LogP contribution in [0.4, 0.5) is 10.7 Å². The van der Waals surface area contributed by atoms with Crippen LogP contribution in [0.1, 0.15) is 15.9 Å². The van der Waals surface area contributed by atoms with Gasteiger partial charge in [-0.2, -0.15) is 0 Å². The molecule has 1 aliphatic rings. The lowest BCUT2D eigenvalue weighted by atomic mass is 10.2. The zero-order valence-electron chi connectivity index (χ0n) is 12.2. The quantitative estimate of drug-likeness (QED) is 0.881. The van der Waals surface area contributed by atoms with Crippen LogP contribution in [0.15, 0.2) is 35.7 Å². The lowest BCUT2D eigenvalue weighted by Gasteiger charge is -2.18. The van der Waals surface area contributed by atoms with Crippen molar-refractivity contribution in [2.45, 2.75) is 6.42 Å². The number of anilines is 2. The number of para-hydroxylation sites is 1. The Balaban J connectivity index is 1.67. The zero-order chi connectivity index (χ0) is 15.5. The molecule has 0 saturated heterocycles. The molecular weight excluding hydrogens is 300 g/mol. The number of carbonyl (C=O) groups is 2. The number of fused-ring (bicyclic) bond motifs is 1. The molecule has 22 heavy (non-hydrogen) atoms. The fourth-order valence-corrected chi connectivity index (χ4v) is 3.38. The molecular formula is C16H16N2O3S. The smallest absolute Gasteiger partial charge is 0.340 e. The van der Waals surface area contributed by atoms with E-state index in [4.69, 9.17) is 4.74 Å². The molecule has 5 nitrogen and oxygen atoms in total. The molecule has 1 aromatic carbocycles. The molecule has 0 unspecified atom stereocenters. The van der Waals surface area contributed by atoms with E-state index >= 15 is 0 Å². The highest BCUT2D eigenvalue weighted by molar-refractivity contribution is 7.14. The maximum atomic E-state index is 12.2. The Bertz CT molecular complexity index is 711. The van der Waals surface area contributed by atoms with Gasteiger partial charge in [0.15, 0.2) is 0 Å². The van der Waals surface area contributed by atoms with Crippen LogP contribution in [0.5, 0.6) is 0 Å². The summed E-state index contributed by atoms with van der Waals surface area (Å²) >= 11 is 1.31. The lowest BCUT2D eigenvalue weighted by Crippen LogP contribution is -2.32. The Morgan fingerprint density at radius 2 is 2.14 bits per heavy atom. The van der Waals surface area contributed by atoms with E-state index < -0.39 is 5.97 Å².